The summed E-state index contributed by atoms with van der Waals surface area (Å²) in [6.07, 6.45) is -0.838. The summed E-state index contributed by atoms with van der Waals surface area (Å²) < 4.78 is 22.7. The van der Waals surface area contributed by atoms with Crippen LogP contribution >= 0.6 is 0 Å². The van der Waals surface area contributed by atoms with Gasteiger partial charge < -0.3 is 24.3 Å². The molecule has 238 valence electrons. The molecular weight excluding hydrogens is 572 g/mol. The van der Waals surface area contributed by atoms with E-state index in [9.17, 15) is 14.4 Å². The highest BCUT2D eigenvalue weighted by molar-refractivity contribution is 5.83. The number of esters is 2. The summed E-state index contributed by atoms with van der Waals surface area (Å²) in [5.41, 5.74) is 2.87. The molecule has 9 heteroatoms. The average molecular weight is 615 g/mol. The highest BCUT2D eigenvalue weighted by atomic mass is 16.6. The zero-order valence-electron chi connectivity index (χ0n) is 26.6. The van der Waals surface area contributed by atoms with Crippen LogP contribution in [0.25, 0.3) is 11.1 Å². The van der Waals surface area contributed by atoms with E-state index in [1.165, 1.54) is 0 Å². The predicted octanol–water partition coefficient (Wildman–Crippen LogP) is 5.46. The van der Waals surface area contributed by atoms with E-state index in [0.29, 0.717) is 0 Å². The molecule has 1 fully saturated rings. The summed E-state index contributed by atoms with van der Waals surface area (Å²) in [5, 5.41) is 6.10. The molecule has 0 spiro atoms. The maximum atomic E-state index is 13.6. The first-order chi connectivity index (χ1) is 21.4. The molecule has 1 heterocycles. The van der Waals surface area contributed by atoms with Crippen molar-refractivity contribution in [2.75, 3.05) is 26.4 Å². The standard InChI is InChI=1S/C36H42N2O7/c1-34(2,3)44-31(39)19-30(32(40)45-35(4,5)24-13-7-6-8-14-24)38-36(22-42-23-36)21-37-33(41)43-20-29-27-17-11-9-15-25(27)26-16-10-12-18-28(26)29/h6-18,29-30,38H,19-23H2,1-5H3,(H,37,41)/t30-/m0/s1. The fourth-order valence-corrected chi connectivity index (χ4v) is 5.81. The van der Waals surface area contributed by atoms with Gasteiger partial charge in [0, 0.05) is 12.5 Å². The van der Waals surface area contributed by atoms with Gasteiger partial charge in [0.1, 0.15) is 23.9 Å². The van der Waals surface area contributed by atoms with Crippen molar-refractivity contribution in [1.82, 2.24) is 10.6 Å². The molecule has 0 saturated carbocycles. The monoisotopic (exact) mass is 614 g/mol. The third kappa shape index (κ3) is 7.72. The molecule has 9 nitrogen and oxygen atoms in total. The van der Waals surface area contributed by atoms with Crippen molar-refractivity contribution in [3.63, 3.8) is 0 Å². The van der Waals surface area contributed by atoms with Gasteiger partial charge in [-0.25, -0.2) is 4.79 Å². The Balaban J connectivity index is 1.24. The number of ether oxygens (including phenoxy) is 4. The Kier molecular flexibility index (Phi) is 9.32. The summed E-state index contributed by atoms with van der Waals surface area (Å²) in [7, 11) is 0. The predicted molar refractivity (Wildman–Crippen MR) is 170 cm³/mol. The minimum Gasteiger partial charge on any atom is -0.460 e. The second-order valence-electron chi connectivity index (χ2n) is 13.2. The summed E-state index contributed by atoms with van der Waals surface area (Å²) in [5.74, 6) is -1.22. The number of amides is 1. The Morgan fingerprint density at radius 3 is 1.98 bits per heavy atom. The van der Waals surface area contributed by atoms with E-state index in [1.54, 1.807) is 34.6 Å². The first kappa shape index (κ1) is 32.2. The number of carbonyl (C=O) groups excluding carboxylic acids is 3. The van der Waals surface area contributed by atoms with Gasteiger partial charge in [-0.3, -0.25) is 14.9 Å². The molecule has 0 bridgehead atoms. The van der Waals surface area contributed by atoms with Gasteiger partial charge in [0.2, 0.25) is 0 Å². The van der Waals surface area contributed by atoms with E-state index in [4.69, 9.17) is 18.9 Å². The molecule has 1 aliphatic heterocycles. The van der Waals surface area contributed by atoms with Crippen LogP contribution in [0.4, 0.5) is 4.79 Å². The zero-order valence-corrected chi connectivity index (χ0v) is 26.6. The number of hydrogen-bond acceptors (Lipinski definition) is 8. The summed E-state index contributed by atoms with van der Waals surface area (Å²) >= 11 is 0. The number of nitrogens with one attached hydrogen (secondary N) is 2. The number of alkyl carbamates (subject to hydrolysis) is 1. The smallest absolute Gasteiger partial charge is 0.407 e. The highest BCUT2D eigenvalue weighted by Gasteiger charge is 2.44. The fraction of sp³-hybridized carbons (Fsp3) is 0.417. The molecule has 5 rings (SSSR count). The maximum absolute atomic E-state index is 13.6. The lowest BCUT2D eigenvalue weighted by Crippen LogP contribution is -2.69. The van der Waals surface area contributed by atoms with Crippen molar-refractivity contribution < 1.29 is 33.3 Å². The molecule has 3 aromatic carbocycles. The van der Waals surface area contributed by atoms with Gasteiger partial charge in [-0.2, -0.15) is 0 Å². The van der Waals surface area contributed by atoms with E-state index < -0.39 is 40.8 Å². The molecule has 1 atom stereocenters. The average Bonchev–Trinajstić information content (AvgIpc) is 3.29. The third-order valence-electron chi connectivity index (χ3n) is 8.05. The van der Waals surface area contributed by atoms with Crippen molar-refractivity contribution in [2.45, 2.75) is 69.7 Å². The minimum atomic E-state index is -1.05. The number of fused-ring (bicyclic) bond motifs is 3. The number of carbonyl (C=O) groups is 3. The maximum Gasteiger partial charge on any atom is 0.407 e. The first-order valence-electron chi connectivity index (χ1n) is 15.3. The van der Waals surface area contributed by atoms with Crippen LogP contribution in [0.1, 0.15) is 63.6 Å². The van der Waals surface area contributed by atoms with Gasteiger partial charge in [-0.05, 0) is 62.4 Å². The van der Waals surface area contributed by atoms with Crippen molar-refractivity contribution in [3.8, 4) is 11.1 Å². The Labute approximate surface area is 264 Å². The Morgan fingerprint density at radius 1 is 0.844 bits per heavy atom. The van der Waals surface area contributed by atoms with Crippen LogP contribution < -0.4 is 10.6 Å². The summed E-state index contributed by atoms with van der Waals surface area (Å²) in [4.78, 5) is 39.4. The molecule has 3 aromatic rings. The second-order valence-corrected chi connectivity index (χ2v) is 13.2. The molecule has 1 amide bonds. The molecule has 2 N–H and O–H groups in total. The van der Waals surface area contributed by atoms with Crippen molar-refractivity contribution >= 4 is 18.0 Å². The number of hydrogen-bond donors (Lipinski definition) is 2. The second kappa shape index (κ2) is 13.0. The van der Waals surface area contributed by atoms with Crippen molar-refractivity contribution in [1.29, 1.82) is 0 Å². The van der Waals surface area contributed by atoms with Crippen molar-refractivity contribution in [2.24, 2.45) is 0 Å². The minimum absolute atomic E-state index is 0.0665. The lowest BCUT2D eigenvalue weighted by molar-refractivity contribution is -0.169. The number of rotatable bonds is 11. The van der Waals surface area contributed by atoms with Gasteiger partial charge in [0.05, 0.1) is 25.2 Å². The lowest BCUT2D eigenvalue weighted by Gasteiger charge is -2.44. The summed E-state index contributed by atoms with van der Waals surface area (Å²) in [6, 6.07) is 24.6. The van der Waals surface area contributed by atoms with E-state index in [2.05, 4.69) is 34.9 Å². The highest BCUT2D eigenvalue weighted by Crippen LogP contribution is 2.44. The van der Waals surface area contributed by atoms with Crippen LogP contribution in [-0.2, 0) is 34.1 Å². The van der Waals surface area contributed by atoms with E-state index >= 15 is 0 Å². The molecule has 45 heavy (non-hydrogen) atoms. The van der Waals surface area contributed by atoms with E-state index in [1.807, 2.05) is 54.6 Å². The molecule has 0 radical (unpaired) electrons. The van der Waals surface area contributed by atoms with Crippen LogP contribution in [0, 0.1) is 0 Å². The first-order valence-corrected chi connectivity index (χ1v) is 15.3. The van der Waals surface area contributed by atoms with Crippen LogP contribution in [-0.4, -0.2) is 61.6 Å². The molecule has 1 aliphatic carbocycles. The fourth-order valence-electron chi connectivity index (χ4n) is 5.81. The molecule has 0 aromatic heterocycles. The third-order valence-corrected chi connectivity index (χ3v) is 8.05. The largest absolute Gasteiger partial charge is 0.460 e. The summed E-state index contributed by atoms with van der Waals surface area (Å²) in [6.45, 7) is 9.63. The molecular formula is C36H42N2O7. The van der Waals surface area contributed by atoms with Crippen LogP contribution in [0.5, 0.6) is 0 Å². The van der Waals surface area contributed by atoms with Gasteiger partial charge in [-0.15, -0.1) is 0 Å². The SMILES string of the molecule is CC(C)(C)OC(=O)C[C@H](NC1(CNC(=O)OCC2c3ccccc3-c3ccccc32)COC1)C(=O)OC(C)(C)c1ccccc1. The number of benzene rings is 3. The van der Waals surface area contributed by atoms with Crippen LogP contribution in [0.3, 0.4) is 0 Å². The zero-order chi connectivity index (χ0) is 32.2. The van der Waals surface area contributed by atoms with Gasteiger partial charge in [-0.1, -0.05) is 78.9 Å². The van der Waals surface area contributed by atoms with Crippen LogP contribution in [0.15, 0.2) is 78.9 Å². The lowest BCUT2D eigenvalue weighted by atomic mass is 9.94. The van der Waals surface area contributed by atoms with Crippen LogP contribution in [0.2, 0.25) is 0 Å². The van der Waals surface area contributed by atoms with E-state index in [0.717, 1.165) is 27.8 Å². The molecule has 1 saturated heterocycles. The Morgan fingerprint density at radius 2 is 1.42 bits per heavy atom. The Hall–Kier alpha value is -4.21. The topological polar surface area (TPSA) is 112 Å². The molecule has 2 aliphatic rings. The Bertz CT molecular complexity index is 1480. The van der Waals surface area contributed by atoms with Gasteiger partial charge in [0.15, 0.2) is 0 Å². The normalized spacial score (nSPS) is 16.0. The van der Waals surface area contributed by atoms with Crippen molar-refractivity contribution in [3.05, 3.63) is 95.6 Å². The molecule has 0 unspecified atom stereocenters. The quantitative estimate of drug-likeness (QED) is 0.216. The van der Waals surface area contributed by atoms with E-state index in [-0.39, 0.29) is 38.7 Å². The van der Waals surface area contributed by atoms with Gasteiger partial charge in [0.25, 0.3) is 0 Å². The van der Waals surface area contributed by atoms with Gasteiger partial charge >= 0.3 is 18.0 Å².